The van der Waals surface area contributed by atoms with Crippen LogP contribution in [0.25, 0.3) is 0 Å². The predicted octanol–water partition coefficient (Wildman–Crippen LogP) is 2.63. The Morgan fingerprint density at radius 1 is 1.55 bits per heavy atom. The number of imidazole rings is 1. The van der Waals surface area contributed by atoms with Gasteiger partial charge < -0.3 is 14.4 Å². The average Bonchev–Trinajstić information content (AvgIpc) is 2.96. The molecular formula is C15H24N2O2S. The zero-order valence-electron chi connectivity index (χ0n) is 12.1. The van der Waals surface area contributed by atoms with E-state index in [1.165, 1.54) is 11.5 Å². The molecule has 1 spiro atoms. The largest absolute Gasteiger partial charge is 0.387 e. The van der Waals surface area contributed by atoms with E-state index in [4.69, 9.17) is 4.74 Å². The molecule has 1 aromatic rings. The van der Waals surface area contributed by atoms with Crippen LogP contribution in [-0.4, -0.2) is 38.4 Å². The molecule has 4 nitrogen and oxygen atoms in total. The molecule has 0 aromatic carbocycles. The molecular weight excluding hydrogens is 272 g/mol. The third kappa shape index (κ3) is 2.76. The maximum absolute atomic E-state index is 10.7. The Bertz CT molecular complexity index is 437. The second-order valence-electron chi connectivity index (χ2n) is 5.95. The van der Waals surface area contributed by atoms with E-state index in [9.17, 15) is 5.11 Å². The van der Waals surface area contributed by atoms with Gasteiger partial charge in [0.05, 0.1) is 29.9 Å². The smallest absolute Gasteiger partial charge is 0.0985 e. The van der Waals surface area contributed by atoms with Crippen molar-refractivity contribution in [1.29, 1.82) is 0 Å². The summed E-state index contributed by atoms with van der Waals surface area (Å²) in [6, 6.07) is 0. The van der Waals surface area contributed by atoms with Crippen molar-refractivity contribution in [1.82, 2.24) is 9.55 Å². The second kappa shape index (κ2) is 6.08. The summed E-state index contributed by atoms with van der Waals surface area (Å²) in [7, 11) is 0. The van der Waals surface area contributed by atoms with E-state index >= 15 is 0 Å². The fraction of sp³-hybridized carbons (Fsp3) is 0.800. The number of aryl methyl sites for hydroxylation is 1. The standard InChI is InChI=1S/C15H24N2O2S/c1-2-17-11-16-10-13(17)14(18)12-3-6-19-15(9-12)4-7-20-8-5-15/h10-12,14,18H,2-9H2,1H3. The fourth-order valence-corrected chi connectivity index (χ4v) is 4.75. The highest BCUT2D eigenvalue weighted by molar-refractivity contribution is 7.99. The number of nitrogens with zero attached hydrogens (tertiary/aromatic N) is 2. The minimum atomic E-state index is -0.409. The second-order valence-corrected chi connectivity index (χ2v) is 7.17. The molecule has 2 atom stereocenters. The number of rotatable bonds is 3. The van der Waals surface area contributed by atoms with E-state index in [2.05, 4.69) is 11.9 Å². The minimum Gasteiger partial charge on any atom is -0.387 e. The van der Waals surface area contributed by atoms with Crippen LogP contribution in [0.15, 0.2) is 12.5 Å². The van der Waals surface area contributed by atoms with Gasteiger partial charge in [0.25, 0.3) is 0 Å². The van der Waals surface area contributed by atoms with E-state index in [0.29, 0.717) is 5.92 Å². The molecule has 3 heterocycles. The van der Waals surface area contributed by atoms with Crippen molar-refractivity contribution in [3.05, 3.63) is 18.2 Å². The van der Waals surface area contributed by atoms with E-state index in [1.54, 1.807) is 0 Å². The van der Waals surface area contributed by atoms with Crippen molar-refractivity contribution in [2.75, 3.05) is 18.1 Å². The molecule has 2 aliphatic heterocycles. The summed E-state index contributed by atoms with van der Waals surface area (Å²) >= 11 is 2.02. The van der Waals surface area contributed by atoms with Gasteiger partial charge in [-0.05, 0) is 50.0 Å². The zero-order chi connectivity index (χ0) is 14.0. The van der Waals surface area contributed by atoms with Crippen LogP contribution in [0.2, 0.25) is 0 Å². The first-order valence-electron chi connectivity index (χ1n) is 7.64. The van der Waals surface area contributed by atoms with Gasteiger partial charge in [-0.3, -0.25) is 0 Å². The maximum atomic E-state index is 10.7. The van der Waals surface area contributed by atoms with Crippen LogP contribution in [0.4, 0.5) is 0 Å². The average molecular weight is 296 g/mol. The molecule has 3 rings (SSSR count). The number of ether oxygens (including phenoxy) is 1. The SMILES string of the molecule is CCn1cncc1C(O)C1CCOC2(CCSCC2)C1. The van der Waals surface area contributed by atoms with Crippen molar-refractivity contribution >= 4 is 11.8 Å². The van der Waals surface area contributed by atoms with Crippen molar-refractivity contribution in [3.63, 3.8) is 0 Å². The number of hydrogen-bond acceptors (Lipinski definition) is 4. The number of thioether (sulfide) groups is 1. The van der Waals surface area contributed by atoms with E-state index < -0.39 is 6.10 Å². The molecule has 2 aliphatic rings. The topological polar surface area (TPSA) is 47.3 Å². The highest BCUT2D eigenvalue weighted by Gasteiger charge is 2.41. The van der Waals surface area contributed by atoms with E-state index in [1.807, 2.05) is 28.9 Å². The quantitative estimate of drug-likeness (QED) is 0.931. The molecule has 0 aliphatic carbocycles. The summed E-state index contributed by atoms with van der Waals surface area (Å²) in [5.74, 6) is 2.68. The minimum absolute atomic E-state index is 0.0339. The van der Waals surface area contributed by atoms with Gasteiger partial charge in [-0.1, -0.05) is 0 Å². The summed E-state index contributed by atoms with van der Waals surface area (Å²) in [4.78, 5) is 4.18. The third-order valence-electron chi connectivity index (χ3n) is 4.77. The Labute approximate surface area is 124 Å². The number of hydrogen-bond donors (Lipinski definition) is 1. The van der Waals surface area contributed by atoms with Crippen LogP contribution in [0.1, 0.15) is 44.4 Å². The molecule has 2 unspecified atom stereocenters. The monoisotopic (exact) mass is 296 g/mol. The Hall–Kier alpha value is -0.520. The van der Waals surface area contributed by atoms with Crippen LogP contribution < -0.4 is 0 Å². The summed E-state index contributed by atoms with van der Waals surface area (Å²) in [5, 5.41) is 10.7. The van der Waals surface area contributed by atoms with Gasteiger partial charge in [-0.25, -0.2) is 4.98 Å². The Balaban J connectivity index is 1.73. The Kier molecular flexibility index (Phi) is 4.38. The third-order valence-corrected chi connectivity index (χ3v) is 5.76. The normalized spacial score (nSPS) is 27.6. The first kappa shape index (κ1) is 14.4. The number of aromatic nitrogens is 2. The Morgan fingerprint density at radius 3 is 3.10 bits per heavy atom. The van der Waals surface area contributed by atoms with E-state index in [-0.39, 0.29) is 5.60 Å². The highest BCUT2D eigenvalue weighted by Crippen LogP contribution is 2.43. The lowest BCUT2D eigenvalue weighted by atomic mass is 9.79. The van der Waals surface area contributed by atoms with Gasteiger partial charge >= 0.3 is 0 Å². The van der Waals surface area contributed by atoms with Gasteiger partial charge in [0.1, 0.15) is 0 Å². The molecule has 0 saturated carbocycles. The van der Waals surface area contributed by atoms with Crippen LogP contribution in [0, 0.1) is 5.92 Å². The molecule has 1 N–H and O–H groups in total. The molecule has 5 heteroatoms. The summed E-state index contributed by atoms with van der Waals surface area (Å²) < 4.78 is 8.16. The first-order valence-corrected chi connectivity index (χ1v) is 8.79. The Morgan fingerprint density at radius 2 is 2.35 bits per heavy atom. The van der Waals surface area contributed by atoms with Gasteiger partial charge in [0.2, 0.25) is 0 Å². The number of aliphatic hydroxyl groups excluding tert-OH is 1. The zero-order valence-corrected chi connectivity index (χ0v) is 12.9. The van der Waals surface area contributed by atoms with E-state index in [0.717, 1.165) is 44.5 Å². The molecule has 112 valence electrons. The molecule has 20 heavy (non-hydrogen) atoms. The number of aliphatic hydroxyl groups is 1. The first-order chi connectivity index (χ1) is 9.74. The van der Waals surface area contributed by atoms with Gasteiger partial charge in [-0.2, -0.15) is 11.8 Å². The summed E-state index contributed by atoms with van der Waals surface area (Å²) in [5.41, 5.74) is 0.992. The lowest BCUT2D eigenvalue weighted by Crippen LogP contribution is -2.44. The van der Waals surface area contributed by atoms with Crippen molar-refractivity contribution in [2.24, 2.45) is 5.92 Å². The fourth-order valence-electron chi connectivity index (χ4n) is 3.51. The summed E-state index contributed by atoms with van der Waals surface area (Å²) in [6.45, 7) is 3.73. The molecule has 2 saturated heterocycles. The molecule has 0 bridgehead atoms. The van der Waals surface area contributed by atoms with Crippen molar-refractivity contribution in [2.45, 2.75) is 50.9 Å². The van der Waals surface area contributed by atoms with Gasteiger partial charge in [0.15, 0.2) is 0 Å². The van der Waals surface area contributed by atoms with Crippen LogP contribution in [0.5, 0.6) is 0 Å². The molecule has 2 fully saturated rings. The predicted molar refractivity (Wildman–Crippen MR) is 80.8 cm³/mol. The van der Waals surface area contributed by atoms with Crippen LogP contribution in [-0.2, 0) is 11.3 Å². The highest BCUT2D eigenvalue weighted by atomic mass is 32.2. The van der Waals surface area contributed by atoms with Crippen molar-refractivity contribution < 1.29 is 9.84 Å². The molecule has 0 radical (unpaired) electrons. The lowest BCUT2D eigenvalue weighted by molar-refractivity contribution is -0.122. The lowest BCUT2D eigenvalue weighted by Gasteiger charge is -2.44. The maximum Gasteiger partial charge on any atom is 0.0985 e. The molecule has 1 aromatic heterocycles. The van der Waals surface area contributed by atoms with Gasteiger partial charge in [0, 0.05) is 13.2 Å². The van der Waals surface area contributed by atoms with Crippen molar-refractivity contribution in [3.8, 4) is 0 Å². The van der Waals surface area contributed by atoms with Crippen LogP contribution in [0.3, 0.4) is 0 Å². The molecule has 0 amide bonds. The van der Waals surface area contributed by atoms with Crippen LogP contribution >= 0.6 is 11.8 Å². The summed E-state index contributed by atoms with van der Waals surface area (Å²) in [6.07, 6.45) is 7.42. The van der Waals surface area contributed by atoms with Gasteiger partial charge in [-0.15, -0.1) is 0 Å².